The molecule has 1 aliphatic heterocycles. The number of pyridine rings is 1. The molecule has 1 aromatic heterocycles. The number of nitrogens with zero attached hydrogens (tertiary/aromatic N) is 1. The van der Waals surface area contributed by atoms with Crippen LogP contribution in [-0.4, -0.2) is 19.2 Å². The van der Waals surface area contributed by atoms with E-state index in [1.54, 1.807) is 0 Å². The van der Waals surface area contributed by atoms with Gasteiger partial charge in [0.2, 0.25) is 0 Å². The molecule has 0 saturated heterocycles. The molecule has 0 N–H and O–H groups in total. The van der Waals surface area contributed by atoms with Gasteiger partial charge in [-0.1, -0.05) is 18.2 Å². The minimum atomic E-state index is -4.75. The molecule has 1 atom stereocenters. The molecule has 0 saturated carbocycles. The zero-order valence-corrected chi connectivity index (χ0v) is 12.4. The number of rotatable bonds is 1. The number of fused-ring (bicyclic) bond motifs is 1. The van der Waals surface area contributed by atoms with Crippen LogP contribution in [0.1, 0.15) is 32.4 Å². The first kappa shape index (κ1) is 15.7. The summed E-state index contributed by atoms with van der Waals surface area (Å²) in [5.41, 5.74) is -1.55. The number of sulfone groups is 1. The van der Waals surface area contributed by atoms with Crippen molar-refractivity contribution in [3.63, 3.8) is 0 Å². The van der Waals surface area contributed by atoms with E-state index in [1.807, 2.05) is 0 Å². The summed E-state index contributed by atoms with van der Waals surface area (Å²) in [4.78, 5) is 16.4. The number of Topliss-reactive ketones (excluding diaryl/α,β-unsaturated/α-hetero) is 1. The zero-order valence-electron chi connectivity index (χ0n) is 11.5. The predicted molar refractivity (Wildman–Crippen MR) is 75.4 cm³/mol. The number of ketones is 1. The van der Waals surface area contributed by atoms with Crippen LogP contribution in [0.4, 0.5) is 13.2 Å². The fourth-order valence-electron chi connectivity index (χ4n) is 2.67. The Bertz CT molecular complexity index is 891. The number of alkyl halides is 3. The summed E-state index contributed by atoms with van der Waals surface area (Å²) in [5, 5.41) is -1.86. The molecule has 0 aliphatic carbocycles. The van der Waals surface area contributed by atoms with E-state index >= 15 is 0 Å². The zero-order chi connectivity index (χ0) is 16.8. The van der Waals surface area contributed by atoms with E-state index in [1.165, 1.54) is 24.4 Å². The van der Waals surface area contributed by atoms with Gasteiger partial charge in [-0.3, -0.25) is 9.78 Å². The molecular formula is C15H10F3NO3S. The highest BCUT2D eigenvalue weighted by atomic mass is 32.2. The summed E-state index contributed by atoms with van der Waals surface area (Å²) in [6, 6.07) is 7.07. The van der Waals surface area contributed by atoms with Crippen molar-refractivity contribution >= 4 is 15.6 Å². The highest BCUT2D eigenvalue weighted by Gasteiger charge is 2.45. The van der Waals surface area contributed by atoms with Crippen molar-refractivity contribution in [3.05, 3.63) is 65.0 Å². The van der Waals surface area contributed by atoms with Gasteiger partial charge in [0.05, 0.1) is 17.0 Å². The summed E-state index contributed by atoms with van der Waals surface area (Å²) >= 11 is 0. The van der Waals surface area contributed by atoms with Crippen molar-refractivity contribution in [1.29, 1.82) is 0 Å². The van der Waals surface area contributed by atoms with Crippen molar-refractivity contribution in [3.8, 4) is 0 Å². The second-order valence-electron chi connectivity index (χ2n) is 5.13. The Labute approximate surface area is 129 Å². The fourth-order valence-corrected chi connectivity index (χ4v) is 4.50. The molecule has 0 amide bonds. The smallest absolute Gasteiger partial charge is 0.292 e. The molecule has 120 valence electrons. The van der Waals surface area contributed by atoms with Crippen LogP contribution in [0, 0.1) is 0 Å². The van der Waals surface area contributed by atoms with Crippen LogP contribution >= 0.6 is 0 Å². The Morgan fingerprint density at radius 3 is 2.48 bits per heavy atom. The Hall–Kier alpha value is -2.22. The summed E-state index contributed by atoms with van der Waals surface area (Å²) < 4.78 is 64.3. The normalized spacial score (nSPS) is 20.1. The number of hydrogen-bond donors (Lipinski definition) is 0. The van der Waals surface area contributed by atoms with Crippen molar-refractivity contribution in [1.82, 2.24) is 4.98 Å². The van der Waals surface area contributed by atoms with E-state index in [0.29, 0.717) is 0 Å². The monoisotopic (exact) mass is 341 g/mol. The molecule has 23 heavy (non-hydrogen) atoms. The second-order valence-corrected chi connectivity index (χ2v) is 7.22. The van der Waals surface area contributed by atoms with Crippen LogP contribution in [0.2, 0.25) is 0 Å². The van der Waals surface area contributed by atoms with Gasteiger partial charge < -0.3 is 0 Å². The third-order valence-corrected chi connectivity index (χ3v) is 5.50. The van der Waals surface area contributed by atoms with Crippen LogP contribution in [0.3, 0.4) is 0 Å². The van der Waals surface area contributed by atoms with Crippen molar-refractivity contribution in [2.24, 2.45) is 0 Å². The maximum atomic E-state index is 13.2. The highest BCUT2D eigenvalue weighted by Crippen LogP contribution is 2.41. The van der Waals surface area contributed by atoms with Crippen molar-refractivity contribution in [2.45, 2.75) is 17.2 Å². The minimum absolute atomic E-state index is 0.0457. The lowest BCUT2D eigenvalue weighted by molar-refractivity contribution is -0.138. The summed E-state index contributed by atoms with van der Waals surface area (Å²) in [7, 11) is -4.13. The van der Waals surface area contributed by atoms with Gasteiger partial charge in [0.25, 0.3) is 0 Å². The van der Waals surface area contributed by atoms with E-state index in [2.05, 4.69) is 4.98 Å². The number of carbonyl (C=O) groups is 1. The lowest BCUT2D eigenvalue weighted by atomic mass is 9.97. The maximum absolute atomic E-state index is 13.2. The summed E-state index contributed by atoms with van der Waals surface area (Å²) in [6.45, 7) is 0. The SMILES string of the molecule is O=C1c2cccnc2CS(=O)(=O)C1c1ccccc1C(F)(F)F. The average Bonchev–Trinajstić information content (AvgIpc) is 2.46. The first-order valence-electron chi connectivity index (χ1n) is 6.57. The molecule has 0 fully saturated rings. The van der Waals surface area contributed by atoms with Crippen LogP contribution < -0.4 is 0 Å². The van der Waals surface area contributed by atoms with Gasteiger partial charge in [-0.25, -0.2) is 8.42 Å². The van der Waals surface area contributed by atoms with Crippen molar-refractivity contribution in [2.75, 3.05) is 0 Å². The molecule has 1 aliphatic rings. The van der Waals surface area contributed by atoms with E-state index in [9.17, 15) is 26.4 Å². The molecule has 0 spiro atoms. The first-order chi connectivity index (χ1) is 10.7. The Balaban J connectivity index is 2.24. The van der Waals surface area contributed by atoms with Gasteiger partial charge in [0.15, 0.2) is 20.9 Å². The second kappa shape index (κ2) is 5.16. The number of benzene rings is 1. The number of halogens is 3. The molecule has 0 bridgehead atoms. The van der Waals surface area contributed by atoms with Crippen LogP contribution in [0.15, 0.2) is 42.6 Å². The molecule has 3 rings (SSSR count). The summed E-state index contributed by atoms with van der Waals surface area (Å²) in [5.74, 6) is -1.44. The molecule has 0 radical (unpaired) electrons. The van der Waals surface area contributed by atoms with Crippen LogP contribution in [0.5, 0.6) is 0 Å². The molecule has 1 aromatic carbocycles. The third-order valence-electron chi connectivity index (χ3n) is 3.64. The van der Waals surface area contributed by atoms with Crippen molar-refractivity contribution < 1.29 is 26.4 Å². The minimum Gasteiger partial charge on any atom is -0.292 e. The van der Waals surface area contributed by atoms with E-state index in [4.69, 9.17) is 0 Å². The molecule has 1 unspecified atom stereocenters. The molecule has 2 aromatic rings. The standard InChI is InChI=1S/C15H10F3NO3S/c16-15(17,18)11-6-2-1-4-9(11)14-13(20)10-5-3-7-19-12(10)8-23(14,21)22/h1-7,14H,8H2. The summed E-state index contributed by atoms with van der Waals surface area (Å²) in [6.07, 6.45) is -3.41. The van der Waals surface area contributed by atoms with E-state index in [0.717, 1.165) is 18.2 Å². The number of carbonyl (C=O) groups excluding carboxylic acids is 1. The topological polar surface area (TPSA) is 64.1 Å². The molecular weight excluding hydrogens is 331 g/mol. The lowest BCUT2D eigenvalue weighted by Crippen LogP contribution is -2.32. The van der Waals surface area contributed by atoms with Gasteiger partial charge in [-0.15, -0.1) is 0 Å². The van der Waals surface area contributed by atoms with E-state index in [-0.39, 0.29) is 11.3 Å². The lowest BCUT2D eigenvalue weighted by Gasteiger charge is -2.25. The van der Waals surface area contributed by atoms with Crippen LogP contribution in [-0.2, 0) is 21.8 Å². The number of hydrogen-bond acceptors (Lipinski definition) is 4. The van der Waals surface area contributed by atoms with Crippen LogP contribution in [0.25, 0.3) is 0 Å². The van der Waals surface area contributed by atoms with E-state index < -0.39 is 43.9 Å². The fraction of sp³-hybridized carbons (Fsp3) is 0.200. The predicted octanol–water partition coefficient (Wildman–Crippen LogP) is 2.95. The first-order valence-corrected chi connectivity index (χ1v) is 8.29. The highest BCUT2D eigenvalue weighted by molar-refractivity contribution is 7.91. The van der Waals surface area contributed by atoms with Gasteiger partial charge in [-0.2, -0.15) is 13.2 Å². The van der Waals surface area contributed by atoms with Gasteiger partial charge in [0.1, 0.15) is 0 Å². The third kappa shape index (κ3) is 2.63. The molecule has 2 heterocycles. The maximum Gasteiger partial charge on any atom is 0.416 e. The molecule has 4 nitrogen and oxygen atoms in total. The quantitative estimate of drug-likeness (QED) is 0.800. The van der Waals surface area contributed by atoms with Gasteiger partial charge in [-0.05, 0) is 23.8 Å². The average molecular weight is 341 g/mol. The van der Waals surface area contributed by atoms with Gasteiger partial charge >= 0.3 is 6.18 Å². The molecule has 8 heteroatoms. The Morgan fingerprint density at radius 1 is 1.09 bits per heavy atom. The van der Waals surface area contributed by atoms with Gasteiger partial charge in [0, 0.05) is 11.8 Å². The Kier molecular flexibility index (Phi) is 3.51. The number of aromatic nitrogens is 1. The largest absolute Gasteiger partial charge is 0.416 e. The Morgan fingerprint density at radius 2 is 1.78 bits per heavy atom.